The van der Waals surface area contributed by atoms with Crippen LogP contribution in [0.25, 0.3) is 0 Å². The first kappa shape index (κ1) is 8.02. The third-order valence-corrected chi connectivity index (χ3v) is 1.20. The first-order valence-electron chi connectivity index (χ1n) is 3.40. The highest BCUT2D eigenvalue weighted by Gasteiger charge is 1.86. The molecule has 48 valence electrons. The van der Waals surface area contributed by atoms with Gasteiger partial charge in [-0.05, 0) is 0 Å². The molecule has 0 unspecified atom stereocenters. The fourth-order valence-electron chi connectivity index (χ4n) is 0.673. The van der Waals surface area contributed by atoms with Gasteiger partial charge in [-0.15, -0.1) is 0 Å². The summed E-state index contributed by atoms with van der Waals surface area (Å²) in [4.78, 5) is 0. The van der Waals surface area contributed by atoms with Crippen molar-refractivity contribution in [1.29, 1.82) is 0 Å². The number of hydrogen-bond donors (Lipinski definition) is 0. The van der Waals surface area contributed by atoms with E-state index in [1.165, 1.54) is 26.3 Å². The molecule has 0 heterocycles. The fraction of sp³-hybridized carbons (Fsp3) is 1.00. The standard InChI is InChI=1S/C6H15BO/c1-3-4-7-5-6-8-2/h7H,3-6H2,1-2H3. The molecule has 0 aromatic carbocycles. The van der Waals surface area contributed by atoms with Crippen molar-refractivity contribution in [2.75, 3.05) is 13.7 Å². The second-order valence-electron chi connectivity index (χ2n) is 2.05. The summed E-state index contributed by atoms with van der Waals surface area (Å²) in [6.07, 6.45) is 3.89. The number of ether oxygens (including phenoxy) is 1. The van der Waals surface area contributed by atoms with Gasteiger partial charge >= 0.3 is 0 Å². The predicted octanol–water partition coefficient (Wildman–Crippen LogP) is 1.32. The molecule has 2 heteroatoms. The van der Waals surface area contributed by atoms with Crippen LogP contribution in [0.3, 0.4) is 0 Å². The molecule has 0 saturated carbocycles. The highest BCUT2D eigenvalue weighted by molar-refractivity contribution is 6.35. The van der Waals surface area contributed by atoms with Gasteiger partial charge in [0.1, 0.15) is 7.28 Å². The van der Waals surface area contributed by atoms with E-state index in [0.29, 0.717) is 0 Å². The minimum Gasteiger partial charge on any atom is -0.385 e. The van der Waals surface area contributed by atoms with E-state index in [1.807, 2.05) is 0 Å². The van der Waals surface area contributed by atoms with Gasteiger partial charge in [-0.3, -0.25) is 0 Å². The SMILES string of the molecule is CCCBCCOC. The van der Waals surface area contributed by atoms with E-state index in [4.69, 9.17) is 4.74 Å². The van der Waals surface area contributed by atoms with Gasteiger partial charge in [0, 0.05) is 13.7 Å². The van der Waals surface area contributed by atoms with Crippen molar-refractivity contribution < 1.29 is 4.74 Å². The molecule has 0 aromatic heterocycles. The molecule has 0 atom stereocenters. The molecule has 0 amide bonds. The van der Waals surface area contributed by atoms with Gasteiger partial charge in [0.2, 0.25) is 0 Å². The lowest BCUT2D eigenvalue weighted by Gasteiger charge is -1.93. The van der Waals surface area contributed by atoms with Crippen LogP contribution in [0, 0.1) is 0 Å². The van der Waals surface area contributed by atoms with Crippen molar-refractivity contribution >= 4 is 7.28 Å². The summed E-state index contributed by atoms with van der Waals surface area (Å²) < 4.78 is 4.89. The lowest BCUT2D eigenvalue weighted by atomic mass is 9.70. The Balaban J connectivity index is 2.53. The Bertz CT molecular complexity index is 33.5. The van der Waals surface area contributed by atoms with Gasteiger partial charge in [0.25, 0.3) is 0 Å². The second kappa shape index (κ2) is 7.02. The Morgan fingerprint density at radius 3 is 2.62 bits per heavy atom. The van der Waals surface area contributed by atoms with E-state index >= 15 is 0 Å². The molecule has 0 saturated heterocycles. The maximum atomic E-state index is 4.89. The van der Waals surface area contributed by atoms with Gasteiger partial charge in [-0.1, -0.05) is 26.0 Å². The first-order chi connectivity index (χ1) is 3.91. The van der Waals surface area contributed by atoms with Crippen molar-refractivity contribution in [2.24, 2.45) is 0 Å². The quantitative estimate of drug-likeness (QED) is 0.386. The average Bonchev–Trinajstić information content (AvgIpc) is 1.81. The van der Waals surface area contributed by atoms with Gasteiger partial charge in [-0.2, -0.15) is 0 Å². The Kier molecular flexibility index (Phi) is 7.05. The van der Waals surface area contributed by atoms with E-state index in [-0.39, 0.29) is 0 Å². The fourth-order valence-corrected chi connectivity index (χ4v) is 0.673. The lowest BCUT2D eigenvalue weighted by molar-refractivity contribution is 0.215. The second-order valence-corrected chi connectivity index (χ2v) is 2.05. The highest BCUT2D eigenvalue weighted by Crippen LogP contribution is 1.89. The summed E-state index contributed by atoms with van der Waals surface area (Å²) in [5, 5.41) is 0. The average molecular weight is 114 g/mol. The van der Waals surface area contributed by atoms with Crippen molar-refractivity contribution in [3.63, 3.8) is 0 Å². The van der Waals surface area contributed by atoms with Crippen molar-refractivity contribution in [3.8, 4) is 0 Å². The summed E-state index contributed by atoms with van der Waals surface area (Å²) in [7, 11) is 3.08. The molecule has 0 radical (unpaired) electrons. The molecule has 0 N–H and O–H groups in total. The van der Waals surface area contributed by atoms with Crippen LogP contribution in [0.5, 0.6) is 0 Å². The summed E-state index contributed by atoms with van der Waals surface area (Å²) in [6, 6.07) is 0. The van der Waals surface area contributed by atoms with Crippen LogP contribution in [0.15, 0.2) is 0 Å². The molecule has 0 spiro atoms. The van der Waals surface area contributed by atoms with Crippen LogP contribution in [-0.2, 0) is 4.74 Å². The van der Waals surface area contributed by atoms with E-state index in [2.05, 4.69) is 6.92 Å². The molecular weight excluding hydrogens is 98.9 g/mol. The molecule has 0 rings (SSSR count). The topological polar surface area (TPSA) is 9.23 Å². The largest absolute Gasteiger partial charge is 0.385 e. The van der Waals surface area contributed by atoms with E-state index < -0.39 is 0 Å². The van der Waals surface area contributed by atoms with E-state index in [1.54, 1.807) is 7.11 Å². The number of methoxy groups -OCH3 is 1. The Hall–Kier alpha value is 0.0249. The minimum absolute atomic E-state index is 0.931. The van der Waals surface area contributed by atoms with Crippen LogP contribution >= 0.6 is 0 Å². The van der Waals surface area contributed by atoms with Gasteiger partial charge in [-0.25, -0.2) is 0 Å². The smallest absolute Gasteiger partial charge is 0.123 e. The Labute approximate surface area is 52.7 Å². The molecule has 0 fully saturated rings. The monoisotopic (exact) mass is 114 g/mol. The van der Waals surface area contributed by atoms with E-state index in [9.17, 15) is 0 Å². The number of rotatable bonds is 5. The normalized spacial score (nSPS) is 9.25. The molecule has 0 aromatic rings. The molecule has 1 nitrogen and oxygen atoms in total. The lowest BCUT2D eigenvalue weighted by Crippen LogP contribution is -1.94. The van der Waals surface area contributed by atoms with E-state index in [0.717, 1.165) is 6.61 Å². The van der Waals surface area contributed by atoms with Crippen LogP contribution in [-0.4, -0.2) is 21.0 Å². The maximum Gasteiger partial charge on any atom is 0.123 e. The molecule has 8 heavy (non-hydrogen) atoms. The van der Waals surface area contributed by atoms with Crippen LogP contribution in [0.1, 0.15) is 13.3 Å². The van der Waals surface area contributed by atoms with Gasteiger partial charge < -0.3 is 4.74 Å². The minimum atomic E-state index is 0.931. The summed E-state index contributed by atoms with van der Waals surface area (Å²) in [5.74, 6) is 0. The zero-order valence-corrected chi connectivity index (χ0v) is 5.94. The highest BCUT2D eigenvalue weighted by atomic mass is 16.5. The van der Waals surface area contributed by atoms with Gasteiger partial charge in [0.15, 0.2) is 0 Å². The first-order valence-corrected chi connectivity index (χ1v) is 3.40. The molecule has 0 aliphatic rings. The van der Waals surface area contributed by atoms with Crippen LogP contribution < -0.4 is 0 Å². The number of hydrogen-bond acceptors (Lipinski definition) is 1. The molecule has 0 bridgehead atoms. The Morgan fingerprint density at radius 2 is 2.12 bits per heavy atom. The van der Waals surface area contributed by atoms with Crippen molar-refractivity contribution in [2.45, 2.75) is 26.0 Å². The van der Waals surface area contributed by atoms with Crippen LogP contribution in [0.4, 0.5) is 0 Å². The summed E-state index contributed by atoms with van der Waals surface area (Å²) in [6.45, 7) is 3.15. The third-order valence-electron chi connectivity index (χ3n) is 1.20. The zero-order chi connectivity index (χ0) is 6.24. The molecule has 0 aliphatic carbocycles. The van der Waals surface area contributed by atoms with Crippen molar-refractivity contribution in [3.05, 3.63) is 0 Å². The predicted molar refractivity (Wildman–Crippen MR) is 38.9 cm³/mol. The maximum absolute atomic E-state index is 4.89. The Morgan fingerprint density at radius 1 is 1.38 bits per heavy atom. The molecule has 0 aliphatic heterocycles. The molecular formula is C6H15BO. The summed E-state index contributed by atoms with van der Waals surface area (Å²) in [5.41, 5.74) is 0. The van der Waals surface area contributed by atoms with Gasteiger partial charge in [0.05, 0.1) is 0 Å². The third kappa shape index (κ3) is 6.02. The zero-order valence-electron chi connectivity index (χ0n) is 5.94. The van der Waals surface area contributed by atoms with Crippen molar-refractivity contribution in [1.82, 2.24) is 0 Å². The van der Waals surface area contributed by atoms with Crippen LogP contribution in [0.2, 0.25) is 12.6 Å². The summed E-state index contributed by atoms with van der Waals surface area (Å²) >= 11 is 0.